The van der Waals surface area contributed by atoms with E-state index in [-0.39, 0.29) is 0 Å². The summed E-state index contributed by atoms with van der Waals surface area (Å²) in [4.78, 5) is 9.18. The molecule has 1 fully saturated rings. The Labute approximate surface area is 150 Å². The number of hydrogen-bond acceptors (Lipinski definition) is 4. The number of aromatic nitrogens is 1. The molecule has 1 aromatic carbocycles. The summed E-state index contributed by atoms with van der Waals surface area (Å²) in [5, 5.41) is 0. The molecule has 0 atom stereocenters. The number of ether oxygens (including phenoxy) is 1. The molecule has 4 heteroatoms. The first-order valence-electron chi connectivity index (χ1n) is 9.50. The van der Waals surface area contributed by atoms with Crippen LogP contribution in [0, 0.1) is 0 Å². The molecule has 0 bridgehead atoms. The molecule has 1 aliphatic heterocycles. The molecule has 0 unspecified atom stereocenters. The molecule has 1 saturated heterocycles. The fourth-order valence-corrected chi connectivity index (χ4v) is 3.89. The zero-order valence-electron chi connectivity index (χ0n) is 14.9. The summed E-state index contributed by atoms with van der Waals surface area (Å²) in [5.74, 6) is 1.04. The van der Waals surface area contributed by atoms with Crippen LogP contribution in [0.5, 0.6) is 5.75 Å². The third-order valence-corrected chi connectivity index (χ3v) is 5.34. The smallest absolute Gasteiger partial charge is 0.119 e. The van der Waals surface area contributed by atoms with Crippen molar-refractivity contribution in [3.05, 3.63) is 53.9 Å². The summed E-state index contributed by atoms with van der Waals surface area (Å²) in [5.41, 5.74) is 4.24. The summed E-state index contributed by atoms with van der Waals surface area (Å²) in [7, 11) is 0. The van der Waals surface area contributed by atoms with E-state index in [9.17, 15) is 0 Å². The van der Waals surface area contributed by atoms with E-state index in [1.54, 1.807) is 0 Å². The molecule has 2 aromatic rings. The van der Waals surface area contributed by atoms with Crippen LogP contribution in [0.25, 0.3) is 0 Å². The second-order valence-electron chi connectivity index (χ2n) is 7.03. The highest BCUT2D eigenvalue weighted by Crippen LogP contribution is 2.26. The third-order valence-electron chi connectivity index (χ3n) is 5.34. The molecule has 2 heterocycles. The van der Waals surface area contributed by atoms with Gasteiger partial charge in [-0.2, -0.15) is 0 Å². The van der Waals surface area contributed by atoms with Gasteiger partial charge in [0.1, 0.15) is 5.75 Å². The van der Waals surface area contributed by atoms with Crippen molar-refractivity contribution in [1.29, 1.82) is 0 Å². The minimum Gasteiger partial charge on any atom is -0.494 e. The van der Waals surface area contributed by atoms with Crippen LogP contribution in [0.2, 0.25) is 0 Å². The van der Waals surface area contributed by atoms with Gasteiger partial charge in [-0.15, -0.1) is 0 Å². The first kappa shape index (κ1) is 16.4. The van der Waals surface area contributed by atoms with Gasteiger partial charge in [0, 0.05) is 38.9 Å². The van der Waals surface area contributed by atoms with Crippen molar-refractivity contribution in [2.45, 2.75) is 25.7 Å². The average Bonchev–Trinajstić information content (AvgIpc) is 3.14. The van der Waals surface area contributed by atoms with Gasteiger partial charge in [-0.3, -0.25) is 9.88 Å². The lowest BCUT2D eigenvalue weighted by Gasteiger charge is -2.35. The number of benzene rings is 1. The van der Waals surface area contributed by atoms with Crippen molar-refractivity contribution >= 4 is 5.69 Å². The van der Waals surface area contributed by atoms with Crippen molar-refractivity contribution in [3.63, 3.8) is 0 Å². The van der Waals surface area contributed by atoms with Crippen LogP contribution in [0.1, 0.15) is 24.0 Å². The average molecular weight is 337 g/mol. The van der Waals surface area contributed by atoms with Crippen LogP contribution >= 0.6 is 0 Å². The lowest BCUT2D eigenvalue weighted by atomic mass is 10.1. The van der Waals surface area contributed by atoms with Gasteiger partial charge in [0.05, 0.1) is 18.5 Å². The lowest BCUT2D eigenvalue weighted by Crippen LogP contribution is -2.46. The van der Waals surface area contributed by atoms with Crippen molar-refractivity contribution < 1.29 is 4.74 Å². The molecule has 2 aliphatic rings. The van der Waals surface area contributed by atoms with Crippen molar-refractivity contribution in [2.24, 2.45) is 0 Å². The molecule has 1 aliphatic carbocycles. The Bertz CT molecular complexity index is 681. The number of piperazine rings is 1. The molecule has 132 valence electrons. The van der Waals surface area contributed by atoms with E-state index in [2.05, 4.69) is 39.0 Å². The second-order valence-corrected chi connectivity index (χ2v) is 7.03. The van der Waals surface area contributed by atoms with Crippen molar-refractivity contribution in [3.8, 4) is 5.75 Å². The van der Waals surface area contributed by atoms with Crippen LogP contribution in [-0.4, -0.2) is 49.2 Å². The molecule has 0 amide bonds. The molecule has 25 heavy (non-hydrogen) atoms. The van der Waals surface area contributed by atoms with Crippen molar-refractivity contribution in [2.75, 3.05) is 44.2 Å². The second kappa shape index (κ2) is 7.87. The van der Waals surface area contributed by atoms with Gasteiger partial charge in [-0.1, -0.05) is 6.07 Å². The van der Waals surface area contributed by atoms with Gasteiger partial charge >= 0.3 is 0 Å². The summed E-state index contributed by atoms with van der Waals surface area (Å²) in [6, 6.07) is 10.8. The Morgan fingerprint density at radius 3 is 2.72 bits per heavy atom. The number of rotatable bonds is 6. The molecule has 4 rings (SSSR count). The van der Waals surface area contributed by atoms with Gasteiger partial charge in [-0.25, -0.2) is 0 Å². The molecule has 1 aromatic heterocycles. The Balaban J connectivity index is 1.16. The number of nitrogens with zero attached hydrogens (tertiary/aromatic N) is 3. The number of fused-ring (bicyclic) bond motifs is 1. The standard InChI is InChI=1S/C21H27N3O/c1-4-18-7-8-21(16-19(18)5-1)25-15-3-10-23-11-13-24(14-12-23)20-6-2-9-22-17-20/h2,6-9,16-17H,1,3-5,10-15H2. The minimum atomic E-state index is 0.807. The fourth-order valence-electron chi connectivity index (χ4n) is 3.89. The van der Waals surface area contributed by atoms with Crippen LogP contribution in [0.3, 0.4) is 0 Å². The number of aryl methyl sites for hydroxylation is 2. The largest absolute Gasteiger partial charge is 0.494 e. The monoisotopic (exact) mass is 337 g/mol. The summed E-state index contributed by atoms with van der Waals surface area (Å²) in [6.45, 7) is 6.32. The Morgan fingerprint density at radius 1 is 1.00 bits per heavy atom. The van der Waals surface area contributed by atoms with Crippen LogP contribution < -0.4 is 9.64 Å². The lowest BCUT2D eigenvalue weighted by molar-refractivity contribution is 0.224. The highest BCUT2D eigenvalue weighted by atomic mass is 16.5. The summed E-state index contributed by atoms with van der Waals surface area (Å²) in [6.07, 6.45) is 8.63. The van der Waals surface area contributed by atoms with E-state index >= 15 is 0 Å². The molecule has 4 nitrogen and oxygen atoms in total. The van der Waals surface area contributed by atoms with Crippen LogP contribution in [0.15, 0.2) is 42.7 Å². The van der Waals surface area contributed by atoms with Gasteiger partial charge in [-0.05, 0) is 61.1 Å². The summed E-state index contributed by atoms with van der Waals surface area (Å²) < 4.78 is 5.97. The first-order chi connectivity index (χ1) is 12.4. The molecule has 0 N–H and O–H groups in total. The molecule has 0 radical (unpaired) electrons. The van der Waals surface area contributed by atoms with E-state index in [4.69, 9.17) is 4.74 Å². The van der Waals surface area contributed by atoms with E-state index in [1.807, 2.05) is 18.5 Å². The fraction of sp³-hybridized carbons (Fsp3) is 0.476. The first-order valence-corrected chi connectivity index (χ1v) is 9.50. The maximum atomic E-state index is 5.97. The topological polar surface area (TPSA) is 28.6 Å². The zero-order valence-corrected chi connectivity index (χ0v) is 14.9. The van der Waals surface area contributed by atoms with Gasteiger partial charge in [0.15, 0.2) is 0 Å². The SMILES string of the molecule is c1cncc(N2CCN(CCCOc3ccc4c(c3)CCC4)CC2)c1. The molecule has 0 saturated carbocycles. The highest BCUT2D eigenvalue weighted by molar-refractivity contribution is 5.44. The third kappa shape index (κ3) is 4.13. The van der Waals surface area contributed by atoms with E-state index in [0.29, 0.717) is 0 Å². The molecule has 0 spiro atoms. The van der Waals surface area contributed by atoms with Crippen LogP contribution in [0.4, 0.5) is 5.69 Å². The Hall–Kier alpha value is -2.07. The maximum absolute atomic E-state index is 5.97. The number of anilines is 1. The van der Waals surface area contributed by atoms with E-state index in [0.717, 1.165) is 51.5 Å². The van der Waals surface area contributed by atoms with Crippen LogP contribution in [-0.2, 0) is 12.8 Å². The Kier molecular flexibility index (Phi) is 5.17. The van der Waals surface area contributed by atoms with Gasteiger partial charge in [0.2, 0.25) is 0 Å². The van der Waals surface area contributed by atoms with Gasteiger partial charge in [0.25, 0.3) is 0 Å². The maximum Gasteiger partial charge on any atom is 0.119 e. The summed E-state index contributed by atoms with van der Waals surface area (Å²) >= 11 is 0. The molecular weight excluding hydrogens is 310 g/mol. The highest BCUT2D eigenvalue weighted by Gasteiger charge is 2.17. The van der Waals surface area contributed by atoms with Gasteiger partial charge < -0.3 is 9.64 Å². The van der Waals surface area contributed by atoms with E-state index in [1.165, 1.54) is 36.1 Å². The number of hydrogen-bond donors (Lipinski definition) is 0. The quantitative estimate of drug-likeness (QED) is 0.757. The predicted molar refractivity (Wildman–Crippen MR) is 101 cm³/mol. The Morgan fingerprint density at radius 2 is 1.88 bits per heavy atom. The van der Waals surface area contributed by atoms with Crippen molar-refractivity contribution in [1.82, 2.24) is 9.88 Å². The minimum absolute atomic E-state index is 0.807. The predicted octanol–water partition coefficient (Wildman–Crippen LogP) is 3.16. The molecular formula is C21H27N3O. The normalized spacial score (nSPS) is 17.5. The number of pyridine rings is 1. The van der Waals surface area contributed by atoms with E-state index < -0.39 is 0 Å². The zero-order chi connectivity index (χ0) is 16.9.